The van der Waals surface area contributed by atoms with Gasteiger partial charge in [-0.2, -0.15) is 5.10 Å². The third-order valence-electron chi connectivity index (χ3n) is 4.12. The van der Waals surface area contributed by atoms with E-state index in [-0.39, 0.29) is 18.0 Å². The van der Waals surface area contributed by atoms with Gasteiger partial charge in [-0.05, 0) is 48.9 Å². The Morgan fingerprint density at radius 2 is 1.79 bits per heavy atom. The quantitative estimate of drug-likeness (QED) is 0.606. The molecule has 0 spiro atoms. The van der Waals surface area contributed by atoms with Crippen LogP contribution in [0.25, 0.3) is 0 Å². The number of aryl methyl sites for hydroxylation is 1. The van der Waals surface area contributed by atoms with Crippen molar-refractivity contribution in [3.63, 3.8) is 0 Å². The van der Waals surface area contributed by atoms with Crippen molar-refractivity contribution in [2.75, 3.05) is 11.9 Å². The number of carbonyl (C=O) groups excluding carboxylic acids is 1. The van der Waals surface area contributed by atoms with Crippen LogP contribution in [0.1, 0.15) is 33.3 Å². The van der Waals surface area contributed by atoms with Crippen molar-refractivity contribution in [2.45, 2.75) is 13.5 Å². The van der Waals surface area contributed by atoms with Crippen molar-refractivity contribution >= 4 is 17.6 Å². The van der Waals surface area contributed by atoms with Crippen molar-refractivity contribution in [1.29, 1.82) is 0 Å². The summed E-state index contributed by atoms with van der Waals surface area (Å²) in [7, 11) is 1.50. The van der Waals surface area contributed by atoms with E-state index in [0.29, 0.717) is 17.9 Å². The van der Waals surface area contributed by atoms with Gasteiger partial charge in [0.2, 0.25) is 0 Å². The third kappa shape index (κ3) is 4.92. The Bertz CT molecular complexity index is 1010. The summed E-state index contributed by atoms with van der Waals surface area (Å²) < 4.78 is 12.3. The summed E-state index contributed by atoms with van der Waals surface area (Å²) in [5, 5.41) is 15.7. The summed E-state index contributed by atoms with van der Waals surface area (Å²) in [6.45, 7) is 2.80. The number of ether oxygens (including phenoxy) is 2. The number of aromatic carboxylic acids is 1. The fourth-order valence-corrected chi connectivity index (χ4v) is 2.74. The van der Waals surface area contributed by atoms with E-state index in [0.717, 1.165) is 11.3 Å². The first-order valence-electron chi connectivity index (χ1n) is 8.99. The maximum atomic E-state index is 12.5. The zero-order chi connectivity index (χ0) is 20.8. The van der Waals surface area contributed by atoms with Crippen molar-refractivity contribution in [3.8, 4) is 11.5 Å². The highest BCUT2D eigenvalue weighted by atomic mass is 16.5. The molecule has 1 aromatic heterocycles. The van der Waals surface area contributed by atoms with Crippen LogP contribution in [0, 0.1) is 0 Å². The number of aromatic nitrogens is 2. The molecule has 0 bridgehead atoms. The summed E-state index contributed by atoms with van der Waals surface area (Å²) in [5.74, 6) is -0.138. The lowest BCUT2D eigenvalue weighted by molar-refractivity contribution is 0.0686. The van der Waals surface area contributed by atoms with E-state index in [1.165, 1.54) is 17.9 Å². The van der Waals surface area contributed by atoms with Crippen LogP contribution in [0.5, 0.6) is 11.5 Å². The molecule has 3 aromatic rings. The standard InChI is InChI=1S/C21H21N3O5/c1-3-28-16-7-9-17(10-8-16)29-13-14-5-4-6-15(11-14)20(25)23-18-12-22-24(2)19(18)21(26)27/h4-12H,3,13H2,1-2H3,(H,23,25)(H,26,27). The van der Waals surface area contributed by atoms with Gasteiger partial charge in [0.1, 0.15) is 18.1 Å². The van der Waals surface area contributed by atoms with Crippen LogP contribution in [-0.2, 0) is 13.7 Å². The molecule has 0 saturated heterocycles. The van der Waals surface area contributed by atoms with E-state index >= 15 is 0 Å². The topological polar surface area (TPSA) is 103 Å². The van der Waals surface area contributed by atoms with Crippen LogP contribution in [0.4, 0.5) is 5.69 Å². The van der Waals surface area contributed by atoms with Crippen molar-refractivity contribution in [1.82, 2.24) is 9.78 Å². The summed E-state index contributed by atoms with van der Waals surface area (Å²) in [6, 6.07) is 14.2. The number of amides is 1. The molecule has 2 N–H and O–H groups in total. The molecule has 8 heteroatoms. The Morgan fingerprint density at radius 3 is 2.45 bits per heavy atom. The average Bonchev–Trinajstić information content (AvgIpc) is 3.08. The first-order chi connectivity index (χ1) is 14.0. The van der Waals surface area contributed by atoms with Crippen LogP contribution in [-0.4, -0.2) is 33.4 Å². The van der Waals surface area contributed by atoms with E-state index in [1.807, 2.05) is 37.3 Å². The number of rotatable bonds is 8. The number of nitrogens with zero attached hydrogens (tertiary/aromatic N) is 2. The van der Waals surface area contributed by atoms with Crippen LogP contribution in [0.15, 0.2) is 54.7 Å². The molecule has 0 saturated carbocycles. The fraction of sp³-hybridized carbons (Fsp3) is 0.190. The van der Waals surface area contributed by atoms with Crippen LogP contribution < -0.4 is 14.8 Å². The van der Waals surface area contributed by atoms with Crippen LogP contribution in [0.3, 0.4) is 0 Å². The largest absolute Gasteiger partial charge is 0.494 e. The predicted molar refractivity (Wildman–Crippen MR) is 107 cm³/mol. The molecule has 8 nitrogen and oxygen atoms in total. The Balaban J connectivity index is 1.66. The lowest BCUT2D eigenvalue weighted by Crippen LogP contribution is -2.15. The molecule has 0 fully saturated rings. The minimum Gasteiger partial charge on any atom is -0.494 e. The van der Waals surface area contributed by atoms with E-state index in [4.69, 9.17) is 9.47 Å². The van der Waals surface area contributed by atoms with E-state index < -0.39 is 11.9 Å². The second kappa shape index (κ2) is 8.92. The molecular formula is C21H21N3O5. The normalized spacial score (nSPS) is 10.4. The minimum absolute atomic E-state index is 0.0895. The van der Waals surface area contributed by atoms with Gasteiger partial charge in [0.15, 0.2) is 5.69 Å². The Labute approximate surface area is 167 Å². The van der Waals surface area contributed by atoms with E-state index in [1.54, 1.807) is 18.2 Å². The second-order valence-electron chi connectivity index (χ2n) is 6.18. The van der Waals surface area contributed by atoms with Crippen LogP contribution >= 0.6 is 0 Å². The van der Waals surface area contributed by atoms with Crippen molar-refractivity contribution in [2.24, 2.45) is 7.05 Å². The Hall–Kier alpha value is -3.81. The number of hydrogen-bond acceptors (Lipinski definition) is 5. The smallest absolute Gasteiger partial charge is 0.356 e. The number of anilines is 1. The molecule has 29 heavy (non-hydrogen) atoms. The molecule has 1 amide bonds. The number of nitrogens with one attached hydrogen (secondary N) is 1. The minimum atomic E-state index is -1.17. The Morgan fingerprint density at radius 1 is 1.10 bits per heavy atom. The van der Waals surface area contributed by atoms with Gasteiger partial charge in [-0.15, -0.1) is 0 Å². The molecule has 0 unspecified atom stereocenters. The van der Waals surface area contributed by atoms with Crippen molar-refractivity contribution in [3.05, 3.63) is 71.5 Å². The number of carboxylic acid groups (broad SMARTS) is 1. The van der Waals surface area contributed by atoms with Gasteiger partial charge in [-0.25, -0.2) is 4.79 Å². The second-order valence-corrected chi connectivity index (χ2v) is 6.18. The zero-order valence-corrected chi connectivity index (χ0v) is 16.1. The van der Waals surface area contributed by atoms with E-state index in [2.05, 4.69) is 10.4 Å². The molecule has 0 aliphatic heterocycles. The summed E-state index contributed by atoms with van der Waals surface area (Å²) in [4.78, 5) is 23.8. The number of hydrogen-bond donors (Lipinski definition) is 2. The fourth-order valence-electron chi connectivity index (χ4n) is 2.74. The molecule has 2 aromatic carbocycles. The number of carbonyl (C=O) groups is 2. The van der Waals surface area contributed by atoms with E-state index in [9.17, 15) is 14.7 Å². The maximum absolute atomic E-state index is 12.5. The van der Waals surface area contributed by atoms with Gasteiger partial charge in [0.05, 0.1) is 18.5 Å². The summed E-state index contributed by atoms with van der Waals surface area (Å²) in [5.41, 5.74) is 1.24. The highest BCUT2D eigenvalue weighted by Crippen LogP contribution is 2.20. The predicted octanol–water partition coefficient (Wildman–Crippen LogP) is 3.35. The van der Waals surface area contributed by atoms with Crippen LogP contribution in [0.2, 0.25) is 0 Å². The Kier molecular flexibility index (Phi) is 6.13. The molecule has 0 aliphatic carbocycles. The van der Waals surface area contributed by atoms with Gasteiger partial charge in [-0.3, -0.25) is 9.48 Å². The lowest BCUT2D eigenvalue weighted by atomic mass is 10.1. The number of benzene rings is 2. The zero-order valence-electron chi connectivity index (χ0n) is 16.1. The average molecular weight is 395 g/mol. The highest BCUT2D eigenvalue weighted by molar-refractivity contribution is 6.07. The first-order valence-corrected chi connectivity index (χ1v) is 8.99. The molecule has 0 atom stereocenters. The summed E-state index contributed by atoms with van der Waals surface area (Å²) in [6.07, 6.45) is 1.31. The lowest BCUT2D eigenvalue weighted by Gasteiger charge is -2.09. The van der Waals surface area contributed by atoms with Gasteiger partial charge < -0.3 is 19.9 Å². The third-order valence-corrected chi connectivity index (χ3v) is 4.12. The molecule has 3 rings (SSSR count). The molecule has 1 heterocycles. The maximum Gasteiger partial charge on any atom is 0.356 e. The molecule has 0 aliphatic rings. The van der Waals surface area contributed by atoms with Gasteiger partial charge in [-0.1, -0.05) is 12.1 Å². The molecule has 150 valence electrons. The molecular weight excluding hydrogens is 374 g/mol. The highest BCUT2D eigenvalue weighted by Gasteiger charge is 2.18. The van der Waals surface area contributed by atoms with Crippen molar-refractivity contribution < 1.29 is 24.2 Å². The van der Waals surface area contributed by atoms with Gasteiger partial charge in [0.25, 0.3) is 5.91 Å². The first kappa shape index (κ1) is 19.9. The summed E-state index contributed by atoms with van der Waals surface area (Å²) >= 11 is 0. The van der Waals surface area contributed by atoms with Gasteiger partial charge in [0, 0.05) is 12.6 Å². The number of carboxylic acids is 1. The van der Waals surface area contributed by atoms with Gasteiger partial charge >= 0.3 is 5.97 Å². The SMILES string of the molecule is CCOc1ccc(OCc2cccc(C(=O)Nc3cnn(C)c3C(=O)O)c2)cc1. The molecule has 0 radical (unpaired) electrons. The monoisotopic (exact) mass is 395 g/mol.